The number of nitrogens with zero attached hydrogens (tertiary/aromatic N) is 2. The third kappa shape index (κ3) is 3.98. The van der Waals surface area contributed by atoms with Crippen LogP contribution in [0.15, 0.2) is 0 Å². The van der Waals surface area contributed by atoms with Crippen LogP contribution in [-0.2, 0) is 14.3 Å². The van der Waals surface area contributed by atoms with Gasteiger partial charge in [0, 0.05) is 52.5 Å². The van der Waals surface area contributed by atoms with Gasteiger partial charge < -0.3 is 20.1 Å². The molecule has 6 heteroatoms. The Morgan fingerprint density at radius 2 is 1.77 bits per heavy atom. The number of nitrogens with two attached hydrogens (primary N) is 1. The van der Waals surface area contributed by atoms with Gasteiger partial charge in [0.25, 0.3) is 5.91 Å². The van der Waals surface area contributed by atoms with Crippen LogP contribution in [0.1, 0.15) is 25.7 Å². The van der Waals surface area contributed by atoms with Gasteiger partial charge >= 0.3 is 0 Å². The number of carbonyl (C=O) groups excluding carboxylic acids is 1. The number of carbonyl (C=O) groups is 1. The van der Waals surface area contributed by atoms with E-state index >= 15 is 0 Å². The number of ether oxygens (including phenoxy) is 2. The average Bonchev–Trinajstić information content (AvgIpc) is 3.05. The Morgan fingerprint density at radius 1 is 1.05 bits per heavy atom. The summed E-state index contributed by atoms with van der Waals surface area (Å²) in [6.07, 6.45) is 3.91. The highest BCUT2D eigenvalue weighted by atomic mass is 16.5. The third-order valence-electron chi connectivity index (χ3n) is 5.19. The fourth-order valence-electron chi connectivity index (χ4n) is 3.71. The van der Waals surface area contributed by atoms with Crippen molar-refractivity contribution in [2.45, 2.75) is 37.9 Å². The molecule has 126 valence electrons. The van der Waals surface area contributed by atoms with Gasteiger partial charge in [0.1, 0.15) is 6.10 Å². The van der Waals surface area contributed by atoms with Crippen molar-refractivity contribution in [3.8, 4) is 0 Å². The van der Waals surface area contributed by atoms with Gasteiger partial charge in [-0.25, -0.2) is 0 Å². The number of hydrogen-bond acceptors (Lipinski definition) is 5. The molecule has 3 rings (SSSR count). The van der Waals surface area contributed by atoms with Crippen molar-refractivity contribution in [3.63, 3.8) is 0 Å². The first-order chi connectivity index (χ1) is 10.8. The van der Waals surface area contributed by atoms with E-state index in [1.165, 1.54) is 12.8 Å². The van der Waals surface area contributed by atoms with Crippen LogP contribution in [0.25, 0.3) is 0 Å². The number of rotatable bonds is 4. The Labute approximate surface area is 132 Å². The summed E-state index contributed by atoms with van der Waals surface area (Å²) in [5, 5.41) is 0. The zero-order chi connectivity index (χ0) is 15.4. The Hall–Kier alpha value is -0.690. The van der Waals surface area contributed by atoms with E-state index in [1.54, 1.807) is 0 Å². The molecule has 3 aliphatic rings. The number of piperazine rings is 1. The lowest BCUT2D eigenvalue weighted by atomic mass is 9.99. The molecule has 0 bridgehead atoms. The SMILES string of the molecule is NC[C@H]1CC[C@@H](C(=O)N2CCN(CC3CCOCC3)CC2)O1. The second-order valence-corrected chi connectivity index (χ2v) is 6.74. The molecule has 0 aliphatic carbocycles. The first kappa shape index (κ1) is 16.2. The minimum atomic E-state index is -0.254. The van der Waals surface area contributed by atoms with Crippen LogP contribution in [0.5, 0.6) is 0 Å². The summed E-state index contributed by atoms with van der Waals surface area (Å²) in [5.74, 6) is 0.932. The zero-order valence-corrected chi connectivity index (χ0v) is 13.4. The van der Waals surface area contributed by atoms with Crippen LogP contribution in [0, 0.1) is 5.92 Å². The summed E-state index contributed by atoms with van der Waals surface area (Å²) in [6.45, 7) is 7.11. The lowest BCUT2D eigenvalue weighted by Crippen LogP contribution is -2.52. The van der Waals surface area contributed by atoms with Gasteiger partial charge in [0.2, 0.25) is 0 Å². The first-order valence-electron chi connectivity index (χ1n) is 8.70. The topological polar surface area (TPSA) is 68.0 Å². The maximum absolute atomic E-state index is 12.5. The van der Waals surface area contributed by atoms with Crippen molar-refractivity contribution in [1.82, 2.24) is 9.80 Å². The van der Waals surface area contributed by atoms with Gasteiger partial charge in [-0.1, -0.05) is 0 Å². The average molecular weight is 311 g/mol. The molecule has 0 saturated carbocycles. The molecule has 3 aliphatic heterocycles. The predicted octanol–water partition coefficient (Wildman–Crippen LogP) is 0.0635. The van der Waals surface area contributed by atoms with Crippen molar-refractivity contribution in [1.29, 1.82) is 0 Å². The molecule has 3 fully saturated rings. The highest BCUT2D eigenvalue weighted by Crippen LogP contribution is 2.22. The molecule has 6 nitrogen and oxygen atoms in total. The van der Waals surface area contributed by atoms with Crippen molar-refractivity contribution in [2.75, 3.05) is 52.5 Å². The van der Waals surface area contributed by atoms with Gasteiger partial charge in [-0.3, -0.25) is 9.69 Å². The molecule has 0 radical (unpaired) electrons. The summed E-state index contributed by atoms with van der Waals surface area (Å²) in [5.41, 5.74) is 5.62. The molecule has 0 spiro atoms. The minimum absolute atomic E-state index is 0.0729. The van der Waals surface area contributed by atoms with Crippen LogP contribution >= 0.6 is 0 Å². The Morgan fingerprint density at radius 3 is 2.41 bits per heavy atom. The van der Waals surface area contributed by atoms with E-state index in [4.69, 9.17) is 15.2 Å². The molecular formula is C16H29N3O3. The summed E-state index contributed by atoms with van der Waals surface area (Å²) >= 11 is 0. The summed E-state index contributed by atoms with van der Waals surface area (Å²) in [7, 11) is 0. The number of amides is 1. The van der Waals surface area contributed by atoms with Crippen LogP contribution in [0.4, 0.5) is 0 Å². The monoisotopic (exact) mass is 311 g/mol. The second kappa shape index (κ2) is 7.73. The van der Waals surface area contributed by atoms with E-state index < -0.39 is 0 Å². The summed E-state index contributed by atoms with van der Waals surface area (Å²) in [6, 6.07) is 0. The molecular weight excluding hydrogens is 282 g/mol. The highest BCUT2D eigenvalue weighted by molar-refractivity contribution is 5.81. The van der Waals surface area contributed by atoms with Gasteiger partial charge in [-0.15, -0.1) is 0 Å². The molecule has 0 aromatic carbocycles. The fourth-order valence-corrected chi connectivity index (χ4v) is 3.71. The van der Waals surface area contributed by atoms with E-state index in [9.17, 15) is 4.79 Å². The van der Waals surface area contributed by atoms with E-state index in [1.807, 2.05) is 4.90 Å². The molecule has 2 N–H and O–H groups in total. The first-order valence-corrected chi connectivity index (χ1v) is 8.70. The van der Waals surface area contributed by atoms with Crippen LogP contribution < -0.4 is 5.73 Å². The van der Waals surface area contributed by atoms with E-state index in [-0.39, 0.29) is 18.1 Å². The van der Waals surface area contributed by atoms with Gasteiger partial charge in [-0.05, 0) is 31.6 Å². The second-order valence-electron chi connectivity index (χ2n) is 6.74. The van der Waals surface area contributed by atoms with Crippen molar-refractivity contribution < 1.29 is 14.3 Å². The van der Waals surface area contributed by atoms with Crippen LogP contribution in [0.3, 0.4) is 0 Å². The molecule has 22 heavy (non-hydrogen) atoms. The minimum Gasteiger partial charge on any atom is -0.381 e. The fraction of sp³-hybridized carbons (Fsp3) is 0.938. The van der Waals surface area contributed by atoms with Gasteiger partial charge in [-0.2, -0.15) is 0 Å². The highest BCUT2D eigenvalue weighted by Gasteiger charge is 2.34. The predicted molar refractivity (Wildman–Crippen MR) is 83.5 cm³/mol. The number of hydrogen-bond donors (Lipinski definition) is 1. The molecule has 2 atom stereocenters. The van der Waals surface area contributed by atoms with E-state index in [2.05, 4.69) is 4.90 Å². The lowest BCUT2D eigenvalue weighted by molar-refractivity contribution is -0.144. The maximum atomic E-state index is 12.5. The standard InChI is InChI=1S/C16H29N3O3/c17-11-14-1-2-15(22-14)16(20)19-7-5-18(6-8-19)12-13-3-9-21-10-4-13/h13-15H,1-12,17H2/t14-,15+/m1/s1. The summed E-state index contributed by atoms with van der Waals surface area (Å²) in [4.78, 5) is 17.0. The lowest BCUT2D eigenvalue weighted by Gasteiger charge is -2.38. The third-order valence-corrected chi connectivity index (χ3v) is 5.19. The maximum Gasteiger partial charge on any atom is 0.251 e. The Kier molecular flexibility index (Phi) is 5.68. The van der Waals surface area contributed by atoms with E-state index in [0.29, 0.717) is 6.54 Å². The van der Waals surface area contributed by atoms with Crippen molar-refractivity contribution in [2.24, 2.45) is 11.7 Å². The van der Waals surface area contributed by atoms with Gasteiger partial charge in [0.15, 0.2) is 0 Å². The van der Waals surface area contributed by atoms with Crippen molar-refractivity contribution in [3.05, 3.63) is 0 Å². The van der Waals surface area contributed by atoms with Gasteiger partial charge in [0.05, 0.1) is 6.10 Å². The zero-order valence-electron chi connectivity index (χ0n) is 13.4. The normalized spacial score (nSPS) is 31.6. The molecule has 1 amide bonds. The van der Waals surface area contributed by atoms with Crippen molar-refractivity contribution >= 4 is 5.91 Å². The molecule has 0 aromatic heterocycles. The van der Waals surface area contributed by atoms with Crippen LogP contribution in [-0.4, -0.2) is 80.4 Å². The smallest absolute Gasteiger partial charge is 0.251 e. The summed E-state index contributed by atoms with van der Waals surface area (Å²) < 4.78 is 11.1. The molecule has 0 aromatic rings. The largest absolute Gasteiger partial charge is 0.381 e. The van der Waals surface area contributed by atoms with Crippen LogP contribution in [0.2, 0.25) is 0 Å². The quantitative estimate of drug-likeness (QED) is 0.795. The molecule has 0 unspecified atom stereocenters. The Balaban J connectivity index is 1.40. The molecule has 3 saturated heterocycles. The molecule has 3 heterocycles. The Bertz CT molecular complexity index is 366. The van der Waals surface area contributed by atoms with E-state index in [0.717, 1.165) is 64.7 Å².